The molecular weight excluding hydrogens is 778 g/mol. The Balaban J connectivity index is 1.51. The number of esters is 4. The van der Waals surface area contributed by atoms with Gasteiger partial charge in [0.2, 0.25) is 0 Å². The van der Waals surface area contributed by atoms with Crippen LogP contribution in [0.25, 0.3) is 0 Å². The van der Waals surface area contributed by atoms with Crippen molar-refractivity contribution in [2.75, 3.05) is 39.6 Å². The fourth-order valence-electron chi connectivity index (χ4n) is 8.62. The number of ketones is 4. The van der Waals surface area contributed by atoms with E-state index in [9.17, 15) is 38.4 Å². The molecule has 4 fully saturated rings. The lowest BCUT2D eigenvalue weighted by Crippen LogP contribution is -2.46. The molecule has 0 saturated heterocycles. The average molecular weight is 846 g/mol. The third-order valence-electron chi connectivity index (χ3n) is 12.2. The third-order valence-corrected chi connectivity index (χ3v) is 12.2. The molecule has 15 nitrogen and oxygen atoms in total. The molecule has 0 aromatic heterocycles. The largest absolute Gasteiger partial charge is 0.462 e. The normalized spacial score (nSPS) is 18.8. The van der Waals surface area contributed by atoms with Gasteiger partial charge in [0.1, 0.15) is 81.9 Å². The van der Waals surface area contributed by atoms with Crippen LogP contribution in [-0.4, -0.2) is 98.3 Å². The van der Waals surface area contributed by atoms with Crippen molar-refractivity contribution in [1.29, 1.82) is 0 Å². The van der Waals surface area contributed by atoms with E-state index in [1.165, 1.54) is 0 Å². The fourth-order valence-corrected chi connectivity index (χ4v) is 8.62. The summed E-state index contributed by atoms with van der Waals surface area (Å²) in [4.78, 5) is 108. The highest BCUT2D eigenvalue weighted by Gasteiger charge is 2.39. The lowest BCUT2D eigenvalue weighted by Gasteiger charge is -2.29. The first-order valence-electron chi connectivity index (χ1n) is 22.6. The minimum absolute atomic E-state index is 0.0195. The van der Waals surface area contributed by atoms with E-state index in [1.54, 1.807) is 6.92 Å². The van der Waals surface area contributed by atoms with Crippen LogP contribution in [0.2, 0.25) is 0 Å². The van der Waals surface area contributed by atoms with E-state index in [1.807, 2.05) is 0 Å². The SMILES string of the molecule is CCOC(=NC(COC(=O)CC(=O)C1CCCCC1)(COC(=O)CC(=O)C1CCCCC1)COC(=O)CC(=O)C1CCCCC1)OCCOC(=O)CC(=O)C1CCCCC1. The molecule has 0 heterocycles. The van der Waals surface area contributed by atoms with E-state index in [2.05, 4.69) is 4.99 Å². The molecule has 0 spiro atoms. The first kappa shape index (κ1) is 48.5. The number of hydrogen-bond acceptors (Lipinski definition) is 15. The zero-order valence-electron chi connectivity index (χ0n) is 35.7. The molecule has 4 saturated carbocycles. The van der Waals surface area contributed by atoms with Gasteiger partial charge in [-0.3, -0.25) is 38.4 Å². The highest BCUT2D eigenvalue weighted by atomic mass is 16.7. The first-order chi connectivity index (χ1) is 29.0. The molecule has 0 unspecified atom stereocenters. The molecule has 0 N–H and O–H groups in total. The molecule has 0 amide bonds. The number of carbonyl (C=O) groups is 8. The predicted molar refractivity (Wildman–Crippen MR) is 216 cm³/mol. The summed E-state index contributed by atoms with van der Waals surface area (Å²) in [5.41, 5.74) is -1.93. The van der Waals surface area contributed by atoms with E-state index in [4.69, 9.17) is 28.4 Å². The molecule has 0 aliphatic heterocycles. The van der Waals surface area contributed by atoms with Crippen LogP contribution in [0, 0.1) is 23.7 Å². The molecule has 60 heavy (non-hydrogen) atoms. The van der Waals surface area contributed by atoms with Crippen LogP contribution in [-0.2, 0) is 66.8 Å². The lowest BCUT2D eigenvalue weighted by atomic mass is 9.85. The van der Waals surface area contributed by atoms with Crippen LogP contribution in [0.4, 0.5) is 0 Å². The van der Waals surface area contributed by atoms with E-state index in [0.29, 0.717) is 38.5 Å². The zero-order valence-corrected chi connectivity index (χ0v) is 35.7. The molecule has 0 aromatic carbocycles. The Kier molecular flexibility index (Phi) is 21.2. The number of nitrogens with zero attached hydrogens (tertiary/aromatic N) is 1. The maximum atomic E-state index is 13.2. The summed E-state index contributed by atoms with van der Waals surface area (Å²) < 4.78 is 33.5. The predicted octanol–water partition coefficient (Wildman–Crippen LogP) is 6.47. The maximum absolute atomic E-state index is 13.2. The monoisotopic (exact) mass is 845 g/mol. The van der Waals surface area contributed by atoms with Crippen molar-refractivity contribution in [3.8, 4) is 0 Å². The van der Waals surface area contributed by atoms with Gasteiger partial charge in [-0.2, -0.15) is 4.99 Å². The lowest BCUT2D eigenvalue weighted by molar-refractivity contribution is -0.156. The van der Waals surface area contributed by atoms with Gasteiger partial charge in [0.05, 0.1) is 6.61 Å². The molecule has 15 heteroatoms. The van der Waals surface area contributed by atoms with Gasteiger partial charge in [0.15, 0.2) is 5.54 Å². The molecule has 4 rings (SSSR count). The smallest absolute Gasteiger partial charge is 0.384 e. The van der Waals surface area contributed by atoms with Gasteiger partial charge < -0.3 is 28.4 Å². The highest BCUT2D eigenvalue weighted by molar-refractivity contribution is 5.98. The zero-order chi connectivity index (χ0) is 43.2. The number of rotatable bonds is 23. The second kappa shape index (κ2) is 26.2. The van der Waals surface area contributed by atoms with Gasteiger partial charge in [-0.05, 0) is 58.3 Å². The van der Waals surface area contributed by atoms with Crippen molar-refractivity contribution in [2.24, 2.45) is 28.7 Å². The summed E-state index contributed by atoms with van der Waals surface area (Å²) in [6.07, 6.45) is 14.8. The van der Waals surface area contributed by atoms with Gasteiger partial charge >= 0.3 is 30.0 Å². The van der Waals surface area contributed by atoms with E-state index in [-0.39, 0.29) is 73.0 Å². The van der Waals surface area contributed by atoms with Gasteiger partial charge in [-0.15, -0.1) is 0 Å². The van der Waals surface area contributed by atoms with Crippen LogP contribution in [0.3, 0.4) is 0 Å². The summed E-state index contributed by atoms with van der Waals surface area (Å²) in [5, 5.41) is 0. The van der Waals surface area contributed by atoms with Gasteiger partial charge in [0, 0.05) is 23.7 Å². The van der Waals surface area contributed by atoms with Gasteiger partial charge in [-0.25, -0.2) is 0 Å². The molecule has 4 aliphatic carbocycles. The Labute approximate surface area is 354 Å². The van der Waals surface area contributed by atoms with Crippen molar-refractivity contribution in [3.05, 3.63) is 0 Å². The van der Waals surface area contributed by atoms with E-state index < -0.39 is 74.6 Å². The Hall–Kier alpha value is -4.17. The summed E-state index contributed by atoms with van der Waals surface area (Å²) in [6.45, 7) is -0.904. The second-order valence-electron chi connectivity index (χ2n) is 17.0. The Bertz CT molecular complexity index is 1370. The molecule has 0 bridgehead atoms. The highest BCUT2D eigenvalue weighted by Crippen LogP contribution is 2.29. The van der Waals surface area contributed by atoms with Crippen LogP contribution < -0.4 is 0 Å². The Morgan fingerprint density at radius 1 is 0.400 bits per heavy atom. The standard InChI is InChI=1S/C45H67NO14/c1-2-55-44(57-24-23-56-40(51)25-36(47)32-15-7-3-8-16-32)46-45(29-58-41(52)26-37(48)33-17-9-4-10-18-33,30-59-42(53)27-38(49)34-19-11-5-12-20-34)31-60-43(54)28-39(50)35-21-13-6-14-22-35/h32-35H,2-31H2,1H3. The molecule has 4 aliphatic rings. The van der Waals surface area contributed by atoms with E-state index in [0.717, 1.165) is 89.9 Å². The van der Waals surface area contributed by atoms with Crippen LogP contribution >= 0.6 is 0 Å². The van der Waals surface area contributed by atoms with Gasteiger partial charge in [0.25, 0.3) is 0 Å². The van der Waals surface area contributed by atoms with E-state index >= 15 is 0 Å². The molecule has 0 atom stereocenters. The maximum Gasteiger partial charge on any atom is 0.384 e. The molecular formula is C45H67NO14. The van der Waals surface area contributed by atoms with Crippen molar-refractivity contribution >= 4 is 53.1 Å². The average Bonchev–Trinajstić information content (AvgIpc) is 3.26. The second-order valence-corrected chi connectivity index (χ2v) is 17.0. The van der Waals surface area contributed by atoms with Gasteiger partial charge in [-0.1, -0.05) is 77.0 Å². The number of ether oxygens (including phenoxy) is 6. The first-order valence-corrected chi connectivity index (χ1v) is 22.6. The van der Waals surface area contributed by atoms with Crippen molar-refractivity contribution in [3.63, 3.8) is 0 Å². The molecule has 0 radical (unpaired) electrons. The number of Topliss-reactive ketones (excluding diaryl/α,β-unsaturated/α-hetero) is 4. The summed E-state index contributed by atoms with van der Waals surface area (Å²) >= 11 is 0. The van der Waals surface area contributed by atoms with Crippen molar-refractivity contribution < 1.29 is 66.8 Å². The molecule has 336 valence electrons. The van der Waals surface area contributed by atoms with Crippen LogP contribution in [0.15, 0.2) is 4.99 Å². The third kappa shape index (κ3) is 17.4. The molecule has 0 aromatic rings. The van der Waals surface area contributed by atoms with Crippen molar-refractivity contribution in [1.82, 2.24) is 0 Å². The number of aliphatic imine (C=N–C) groups is 1. The minimum atomic E-state index is -1.93. The quantitative estimate of drug-likeness (QED) is 0.0270. The van der Waals surface area contributed by atoms with Crippen molar-refractivity contribution in [2.45, 2.75) is 167 Å². The fraction of sp³-hybridized carbons (Fsp3) is 0.800. The topological polar surface area (TPSA) is 204 Å². The summed E-state index contributed by atoms with van der Waals surface area (Å²) in [7, 11) is 0. The Morgan fingerprint density at radius 2 is 0.683 bits per heavy atom. The Morgan fingerprint density at radius 3 is 0.983 bits per heavy atom. The minimum Gasteiger partial charge on any atom is -0.462 e. The summed E-state index contributed by atoms with van der Waals surface area (Å²) in [6, 6.07) is 0. The van der Waals surface area contributed by atoms with Crippen LogP contribution in [0.1, 0.15) is 161 Å². The number of carbonyl (C=O) groups excluding carboxylic acids is 8. The number of hydrogen-bond donors (Lipinski definition) is 0. The van der Waals surface area contributed by atoms with Crippen LogP contribution in [0.5, 0.6) is 0 Å². The summed E-state index contributed by atoms with van der Waals surface area (Å²) in [5.74, 6) is -5.09.